The highest BCUT2D eigenvalue weighted by Gasteiger charge is 2.14. The number of carbonyl (C=O) groups excluding carboxylic acids is 1. The molecule has 0 saturated carbocycles. The molecule has 3 heteroatoms. The lowest BCUT2D eigenvalue weighted by molar-refractivity contribution is 0.0977. The molecule has 94 valence electrons. The minimum absolute atomic E-state index is 0.0540. The average Bonchev–Trinajstić information content (AvgIpc) is 2.29. The molecule has 0 aromatic heterocycles. The second-order valence-electron chi connectivity index (χ2n) is 4.27. The summed E-state index contributed by atoms with van der Waals surface area (Å²) in [5.41, 5.74) is 1.06. The molecule has 1 rings (SSSR count). The molecule has 1 aromatic carbocycles. The normalized spacial score (nSPS) is 10.5. The molecule has 0 heterocycles. The van der Waals surface area contributed by atoms with Crippen molar-refractivity contribution in [2.24, 2.45) is 0 Å². The molecule has 2 N–H and O–H groups in total. The number of phenolic OH excluding ortho intramolecular Hbond substituents is 2. The Labute approximate surface area is 102 Å². The largest absolute Gasteiger partial charge is 0.508 e. The highest BCUT2D eigenvalue weighted by molar-refractivity contribution is 5.99. The fourth-order valence-electron chi connectivity index (χ4n) is 1.79. The van der Waals surface area contributed by atoms with Crippen LogP contribution in [0.15, 0.2) is 12.1 Å². The molecule has 0 aliphatic carbocycles. The number of rotatable bonds is 6. The number of aromatic hydroxyl groups is 2. The van der Waals surface area contributed by atoms with Crippen LogP contribution in [0.3, 0.4) is 0 Å². The smallest absolute Gasteiger partial charge is 0.166 e. The van der Waals surface area contributed by atoms with E-state index in [0.717, 1.165) is 24.8 Å². The molecular weight excluding hydrogens is 216 g/mol. The maximum Gasteiger partial charge on any atom is 0.166 e. The minimum Gasteiger partial charge on any atom is -0.508 e. The zero-order valence-electron chi connectivity index (χ0n) is 10.5. The fraction of sp³-hybridized carbons (Fsp3) is 0.500. The third-order valence-electron chi connectivity index (χ3n) is 2.77. The molecule has 0 unspecified atom stereocenters. The summed E-state index contributed by atoms with van der Waals surface area (Å²) in [5, 5.41) is 19.3. The summed E-state index contributed by atoms with van der Waals surface area (Å²) < 4.78 is 0. The third kappa shape index (κ3) is 3.48. The Hall–Kier alpha value is -1.51. The number of carbonyl (C=O) groups is 1. The van der Waals surface area contributed by atoms with Crippen LogP contribution >= 0.6 is 0 Å². The van der Waals surface area contributed by atoms with Gasteiger partial charge in [0.15, 0.2) is 5.78 Å². The highest BCUT2D eigenvalue weighted by Crippen LogP contribution is 2.29. The van der Waals surface area contributed by atoms with Crippen molar-refractivity contribution in [2.45, 2.75) is 46.0 Å². The minimum atomic E-state index is -0.122. The van der Waals surface area contributed by atoms with Gasteiger partial charge < -0.3 is 10.2 Å². The molecule has 1 aromatic rings. The summed E-state index contributed by atoms with van der Waals surface area (Å²) in [6.45, 7) is 4.03. The molecule has 17 heavy (non-hydrogen) atoms. The van der Waals surface area contributed by atoms with Gasteiger partial charge in [0.05, 0.1) is 5.56 Å². The molecule has 3 nitrogen and oxygen atoms in total. The summed E-state index contributed by atoms with van der Waals surface area (Å²) in [7, 11) is 0. The van der Waals surface area contributed by atoms with Gasteiger partial charge in [0, 0.05) is 12.5 Å². The first-order valence-electron chi connectivity index (χ1n) is 6.18. The van der Waals surface area contributed by atoms with Gasteiger partial charge in [0.2, 0.25) is 0 Å². The highest BCUT2D eigenvalue weighted by atomic mass is 16.3. The Morgan fingerprint density at radius 1 is 1.12 bits per heavy atom. The third-order valence-corrected chi connectivity index (χ3v) is 2.77. The van der Waals surface area contributed by atoms with Gasteiger partial charge >= 0.3 is 0 Å². The number of hydrogen-bond acceptors (Lipinski definition) is 3. The summed E-state index contributed by atoms with van der Waals surface area (Å²) in [6, 6.07) is 2.89. The van der Waals surface area contributed by atoms with E-state index in [1.165, 1.54) is 6.07 Å². The van der Waals surface area contributed by atoms with E-state index in [2.05, 4.69) is 0 Å². The van der Waals surface area contributed by atoms with Gasteiger partial charge in [-0.15, -0.1) is 0 Å². The summed E-state index contributed by atoms with van der Waals surface area (Å²) in [4.78, 5) is 11.9. The van der Waals surface area contributed by atoms with E-state index < -0.39 is 0 Å². The van der Waals surface area contributed by atoms with Gasteiger partial charge in [-0.3, -0.25) is 4.79 Å². The summed E-state index contributed by atoms with van der Waals surface area (Å²) in [6.07, 6.45) is 3.82. The molecule has 0 spiro atoms. The van der Waals surface area contributed by atoms with E-state index in [-0.39, 0.29) is 17.3 Å². The quantitative estimate of drug-likeness (QED) is 0.744. The molecule has 0 aliphatic heterocycles. The van der Waals surface area contributed by atoms with E-state index in [0.29, 0.717) is 18.4 Å². The maximum atomic E-state index is 11.9. The number of aryl methyl sites for hydroxylation is 1. The first-order chi connectivity index (χ1) is 8.10. The van der Waals surface area contributed by atoms with Gasteiger partial charge in [0.1, 0.15) is 11.5 Å². The first kappa shape index (κ1) is 13.6. The lowest BCUT2D eigenvalue weighted by Gasteiger charge is -2.08. The Morgan fingerprint density at radius 3 is 2.41 bits per heavy atom. The van der Waals surface area contributed by atoms with Gasteiger partial charge in [-0.05, 0) is 24.5 Å². The molecule has 0 atom stereocenters. The van der Waals surface area contributed by atoms with Crippen molar-refractivity contribution in [3.8, 4) is 11.5 Å². The maximum absolute atomic E-state index is 11.9. The number of unbranched alkanes of at least 4 members (excludes halogenated alkanes) is 1. The van der Waals surface area contributed by atoms with Gasteiger partial charge in [-0.1, -0.05) is 26.7 Å². The van der Waals surface area contributed by atoms with Crippen molar-refractivity contribution in [1.29, 1.82) is 0 Å². The average molecular weight is 236 g/mol. The second kappa shape index (κ2) is 6.28. The fourth-order valence-corrected chi connectivity index (χ4v) is 1.79. The van der Waals surface area contributed by atoms with E-state index in [1.807, 2.05) is 13.8 Å². The SMILES string of the molecule is CCCCC(=O)c1cc(CCC)c(O)cc1O. The summed E-state index contributed by atoms with van der Waals surface area (Å²) in [5.74, 6) is -0.110. The lowest BCUT2D eigenvalue weighted by atomic mass is 9.99. The Bertz CT molecular complexity index is 397. The van der Waals surface area contributed by atoms with Crippen molar-refractivity contribution in [1.82, 2.24) is 0 Å². The Morgan fingerprint density at radius 2 is 1.82 bits per heavy atom. The second-order valence-corrected chi connectivity index (χ2v) is 4.27. The number of ketones is 1. The zero-order chi connectivity index (χ0) is 12.8. The number of Topliss-reactive ketones (excluding diaryl/α,β-unsaturated/α-hetero) is 1. The Balaban J connectivity index is 2.98. The van der Waals surface area contributed by atoms with Crippen molar-refractivity contribution in [3.63, 3.8) is 0 Å². The van der Waals surface area contributed by atoms with Crippen LogP contribution in [0.25, 0.3) is 0 Å². The molecule has 0 saturated heterocycles. The molecule has 0 amide bonds. The van der Waals surface area contributed by atoms with Crippen molar-refractivity contribution in [3.05, 3.63) is 23.3 Å². The van der Waals surface area contributed by atoms with Crippen molar-refractivity contribution >= 4 is 5.78 Å². The van der Waals surface area contributed by atoms with Crippen LogP contribution in [0, 0.1) is 0 Å². The first-order valence-corrected chi connectivity index (χ1v) is 6.18. The van der Waals surface area contributed by atoms with Crippen LogP contribution in [0.1, 0.15) is 55.5 Å². The number of hydrogen-bond donors (Lipinski definition) is 2. The van der Waals surface area contributed by atoms with Crippen LogP contribution in [0.5, 0.6) is 11.5 Å². The van der Waals surface area contributed by atoms with Gasteiger partial charge in [0.25, 0.3) is 0 Å². The van der Waals surface area contributed by atoms with Gasteiger partial charge in [-0.25, -0.2) is 0 Å². The van der Waals surface area contributed by atoms with Crippen molar-refractivity contribution < 1.29 is 15.0 Å². The summed E-state index contributed by atoms with van der Waals surface area (Å²) >= 11 is 0. The molecule has 0 aliphatic rings. The van der Waals surface area contributed by atoms with Crippen LogP contribution in [-0.4, -0.2) is 16.0 Å². The van der Waals surface area contributed by atoms with Crippen LogP contribution < -0.4 is 0 Å². The predicted octanol–water partition coefficient (Wildman–Crippen LogP) is 3.42. The monoisotopic (exact) mass is 236 g/mol. The standard InChI is InChI=1S/C14H20O3/c1-3-5-7-12(15)11-8-10(6-4-2)13(16)9-14(11)17/h8-9,16-17H,3-7H2,1-2H3. The molecule has 0 fully saturated rings. The van der Waals surface area contributed by atoms with E-state index in [9.17, 15) is 15.0 Å². The number of benzene rings is 1. The van der Waals surface area contributed by atoms with Crippen LogP contribution in [-0.2, 0) is 6.42 Å². The topological polar surface area (TPSA) is 57.5 Å². The lowest BCUT2D eigenvalue weighted by Crippen LogP contribution is -2.01. The van der Waals surface area contributed by atoms with Crippen molar-refractivity contribution in [2.75, 3.05) is 0 Å². The molecule has 0 radical (unpaired) electrons. The molecule has 0 bridgehead atoms. The van der Waals surface area contributed by atoms with E-state index >= 15 is 0 Å². The van der Waals surface area contributed by atoms with Gasteiger partial charge in [-0.2, -0.15) is 0 Å². The van der Waals surface area contributed by atoms with E-state index in [1.54, 1.807) is 6.07 Å². The number of phenols is 2. The predicted molar refractivity (Wildman–Crippen MR) is 67.6 cm³/mol. The van der Waals surface area contributed by atoms with Crippen LogP contribution in [0.4, 0.5) is 0 Å². The Kier molecular flexibility index (Phi) is 5.01. The molecular formula is C14H20O3. The van der Waals surface area contributed by atoms with Crippen LogP contribution in [0.2, 0.25) is 0 Å². The van der Waals surface area contributed by atoms with E-state index in [4.69, 9.17) is 0 Å². The zero-order valence-corrected chi connectivity index (χ0v) is 10.5.